The Hall–Kier alpha value is -1.16. The SMILES string of the molecule is CCN(CC)c1cccc(F)c1C(N)=S. The zero-order valence-electron chi connectivity index (χ0n) is 8.96. The van der Waals surface area contributed by atoms with Gasteiger partial charge in [0.25, 0.3) is 0 Å². The monoisotopic (exact) mass is 226 g/mol. The maximum atomic E-state index is 13.5. The van der Waals surface area contributed by atoms with Crippen molar-refractivity contribution in [1.29, 1.82) is 0 Å². The molecule has 0 saturated heterocycles. The van der Waals surface area contributed by atoms with Crippen molar-refractivity contribution in [3.05, 3.63) is 29.6 Å². The minimum Gasteiger partial charge on any atom is -0.389 e. The molecule has 0 amide bonds. The fraction of sp³-hybridized carbons (Fsp3) is 0.364. The van der Waals surface area contributed by atoms with E-state index in [1.807, 2.05) is 24.8 Å². The summed E-state index contributed by atoms with van der Waals surface area (Å²) in [5, 5.41) is 0. The van der Waals surface area contributed by atoms with E-state index in [-0.39, 0.29) is 10.8 Å². The van der Waals surface area contributed by atoms with Crippen LogP contribution in [0, 0.1) is 5.82 Å². The largest absolute Gasteiger partial charge is 0.389 e. The Morgan fingerprint density at radius 1 is 1.40 bits per heavy atom. The molecule has 15 heavy (non-hydrogen) atoms. The smallest absolute Gasteiger partial charge is 0.135 e. The van der Waals surface area contributed by atoms with Crippen LogP contribution < -0.4 is 10.6 Å². The van der Waals surface area contributed by atoms with Crippen LogP contribution in [0.3, 0.4) is 0 Å². The number of rotatable bonds is 4. The lowest BCUT2D eigenvalue weighted by atomic mass is 10.1. The summed E-state index contributed by atoms with van der Waals surface area (Å²) in [5.41, 5.74) is 6.64. The molecule has 0 aliphatic heterocycles. The lowest BCUT2D eigenvalue weighted by Crippen LogP contribution is -2.26. The quantitative estimate of drug-likeness (QED) is 0.799. The molecule has 0 aromatic heterocycles. The first kappa shape index (κ1) is 11.9. The summed E-state index contributed by atoms with van der Waals surface area (Å²) >= 11 is 4.86. The van der Waals surface area contributed by atoms with Gasteiger partial charge in [0.1, 0.15) is 10.8 Å². The standard InChI is InChI=1S/C11H15FN2S/c1-3-14(4-2)9-7-5-6-8(12)10(9)11(13)15/h5-7H,3-4H2,1-2H3,(H2,13,15). The van der Waals surface area contributed by atoms with Gasteiger partial charge in [0.15, 0.2) is 0 Å². The van der Waals surface area contributed by atoms with Crippen molar-refractivity contribution in [1.82, 2.24) is 0 Å². The number of hydrogen-bond donors (Lipinski definition) is 1. The molecule has 0 saturated carbocycles. The van der Waals surface area contributed by atoms with Crippen molar-refractivity contribution in [3.8, 4) is 0 Å². The first-order valence-electron chi connectivity index (χ1n) is 4.95. The highest BCUT2D eigenvalue weighted by Gasteiger charge is 2.14. The van der Waals surface area contributed by atoms with Crippen molar-refractivity contribution < 1.29 is 4.39 Å². The van der Waals surface area contributed by atoms with Gasteiger partial charge < -0.3 is 10.6 Å². The number of anilines is 1. The maximum absolute atomic E-state index is 13.5. The van der Waals surface area contributed by atoms with Gasteiger partial charge in [-0.1, -0.05) is 18.3 Å². The summed E-state index contributed by atoms with van der Waals surface area (Å²) in [6, 6.07) is 4.89. The Morgan fingerprint density at radius 3 is 2.47 bits per heavy atom. The van der Waals surface area contributed by atoms with Crippen molar-refractivity contribution in [3.63, 3.8) is 0 Å². The second kappa shape index (κ2) is 5.07. The van der Waals surface area contributed by atoms with Crippen LogP contribution in [0.2, 0.25) is 0 Å². The van der Waals surface area contributed by atoms with Crippen molar-refractivity contribution in [2.75, 3.05) is 18.0 Å². The molecule has 0 radical (unpaired) electrons. The predicted octanol–water partition coefficient (Wildman–Crippen LogP) is 2.31. The van der Waals surface area contributed by atoms with Gasteiger partial charge in [-0.2, -0.15) is 0 Å². The van der Waals surface area contributed by atoms with E-state index in [9.17, 15) is 4.39 Å². The minimum absolute atomic E-state index is 0.106. The first-order valence-corrected chi connectivity index (χ1v) is 5.35. The average molecular weight is 226 g/mol. The molecule has 1 rings (SSSR count). The van der Waals surface area contributed by atoms with Gasteiger partial charge in [0, 0.05) is 18.8 Å². The van der Waals surface area contributed by atoms with Crippen molar-refractivity contribution >= 4 is 22.9 Å². The molecule has 4 heteroatoms. The molecule has 0 heterocycles. The zero-order chi connectivity index (χ0) is 11.4. The van der Waals surface area contributed by atoms with E-state index < -0.39 is 0 Å². The number of hydrogen-bond acceptors (Lipinski definition) is 2. The lowest BCUT2D eigenvalue weighted by molar-refractivity contribution is 0.624. The summed E-state index contributed by atoms with van der Waals surface area (Å²) in [7, 11) is 0. The molecule has 0 aliphatic rings. The Bertz CT molecular complexity index is 362. The highest BCUT2D eigenvalue weighted by molar-refractivity contribution is 7.80. The van der Waals surface area contributed by atoms with E-state index in [2.05, 4.69) is 0 Å². The number of halogens is 1. The molecule has 2 N–H and O–H groups in total. The third kappa shape index (κ3) is 2.45. The topological polar surface area (TPSA) is 29.3 Å². The molecular formula is C11H15FN2S. The molecule has 0 aliphatic carbocycles. The molecular weight excluding hydrogens is 211 g/mol. The van der Waals surface area contributed by atoms with Gasteiger partial charge in [-0.15, -0.1) is 0 Å². The van der Waals surface area contributed by atoms with Gasteiger partial charge in [0.2, 0.25) is 0 Å². The van der Waals surface area contributed by atoms with Gasteiger partial charge in [-0.05, 0) is 26.0 Å². The molecule has 0 spiro atoms. The fourth-order valence-corrected chi connectivity index (χ4v) is 1.79. The third-order valence-corrected chi connectivity index (χ3v) is 2.55. The molecule has 82 valence electrons. The van der Waals surface area contributed by atoms with Crippen LogP contribution in [0.1, 0.15) is 19.4 Å². The number of nitrogens with zero attached hydrogens (tertiary/aromatic N) is 1. The van der Waals surface area contributed by atoms with Gasteiger partial charge in [-0.3, -0.25) is 0 Å². The van der Waals surface area contributed by atoms with E-state index in [1.54, 1.807) is 6.07 Å². The van der Waals surface area contributed by atoms with Crippen LogP contribution in [-0.2, 0) is 0 Å². The fourth-order valence-electron chi connectivity index (χ4n) is 1.58. The van der Waals surface area contributed by atoms with Crippen LogP contribution in [-0.4, -0.2) is 18.1 Å². The molecule has 1 aromatic rings. The van der Waals surface area contributed by atoms with Crippen molar-refractivity contribution in [2.45, 2.75) is 13.8 Å². The molecule has 1 aromatic carbocycles. The minimum atomic E-state index is -0.355. The summed E-state index contributed by atoms with van der Waals surface area (Å²) in [6.07, 6.45) is 0. The lowest BCUT2D eigenvalue weighted by Gasteiger charge is -2.23. The molecule has 0 atom stereocenters. The van der Waals surface area contributed by atoms with Gasteiger partial charge in [-0.25, -0.2) is 4.39 Å². The average Bonchev–Trinajstić information content (AvgIpc) is 2.19. The molecule has 2 nitrogen and oxygen atoms in total. The van der Waals surface area contributed by atoms with Crippen LogP contribution in [0.5, 0.6) is 0 Å². The normalized spacial score (nSPS) is 10.1. The van der Waals surface area contributed by atoms with Crippen LogP contribution in [0.4, 0.5) is 10.1 Å². The number of nitrogens with two attached hydrogens (primary N) is 1. The Balaban J connectivity index is 3.27. The number of thiocarbonyl (C=S) groups is 1. The second-order valence-electron chi connectivity index (χ2n) is 3.17. The third-order valence-electron chi connectivity index (χ3n) is 2.34. The van der Waals surface area contributed by atoms with Crippen molar-refractivity contribution in [2.24, 2.45) is 5.73 Å². The van der Waals surface area contributed by atoms with E-state index in [0.29, 0.717) is 5.56 Å². The summed E-state index contributed by atoms with van der Waals surface area (Å²) in [6.45, 7) is 5.63. The van der Waals surface area contributed by atoms with Crippen LogP contribution in [0.15, 0.2) is 18.2 Å². The second-order valence-corrected chi connectivity index (χ2v) is 3.61. The maximum Gasteiger partial charge on any atom is 0.135 e. The molecule has 0 fully saturated rings. The highest BCUT2D eigenvalue weighted by atomic mass is 32.1. The van der Waals surface area contributed by atoms with Crippen LogP contribution in [0.25, 0.3) is 0 Å². The Labute approximate surface area is 94.9 Å². The summed E-state index contributed by atoms with van der Waals surface area (Å²) < 4.78 is 13.5. The van der Waals surface area contributed by atoms with E-state index in [1.165, 1.54) is 6.07 Å². The predicted molar refractivity (Wildman–Crippen MR) is 65.8 cm³/mol. The van der Waals surface area contributed by atoms with Crippen LogP contribution >= 0.6 is 12.2 Å². The Morgan fingerprint density at radius 2 is 2.00 bits per heavy atom. The molecule has 0 bridgehead atoms. The Kier molecular flexibility index (Phi) is 4.03. The summed E-state index contributed by atoms with van der Waals surface area (Å²) in [5.74, 6) is -0.355. The first-order chi connectivity index (χ1) is 7.11. The summed E-state index contributed by atoms with van der Waals surface area (Å²) in [4.78, 5) is 2.13. The van der Waals surface area contributed by atoms with Gasteiger partial charge in [0.05, 0.1) is 5.56 Å². The highest BCUT2D eigenvalue weighted by Crippen LogP contribution is 2.22. The molecule has 0 unspecified atom stereocenters. The van der Waals surface area contributed by atoms with E-state index in [4.69, 9.17) is 18.0 Å². The van der Waals surface area contributed by atoms with E-state index in [0.717, 1.165) is 18.8 Å². The van der Waals surface area contributed by atoms with Gasteiger partial charge >= 0.3 is 0 Å². The van der Waals surface area contributed by atoms with E-state index >= 15 is 0 Å². The zero-order valence-corrected chi connectivity index (χ0v) is 9.77. The number of benzene rings is 1.